The molecule has 0 radical (unpaired) electrons. The van der Waals surface area contributed by atoms with Crippen LogP contribution in [0, 0.1) is 17.3 Å². The molecule has 82 valence electrons. The van der Waals surface area contributed by atoms with Crippen molar-refractivity contribution in [1.29, 1.82) is 0 Å². The van der Waals surface area contributed by atoms with Gasteiger partial charge in [-0.3, -0.25) is 4.79 Å². The Labute approximate surface area is 89.4 Å². The molecule has 2 aliphatic carbocycles. The zero-order valence-electron chi connectivity index (χ0n) is 8.94. The number of allylic oxidation sites excluding steroid dienone is 2. The third kappa shape index (κ3) is 1.49. The van der Waals surface area contributed by atoms with Crippen molar-refractivity contribution in [2.75, 3.05) is 13.2 Å². The molecule has 3 heteroatoms. The zero-order valence-corrected chi connectivity index (χ0v) is 8.94. The lowest BCUT2D eigenvalue weighted by Crippen LogP contribution is -2.34. The van der Waals surface area contributed by atoms with E-state index in [4.69, 9.17) is 9.47 Å². The summed E-state index contributed by atoms with van der Waals surface area (Å²) >= 11 is 0. The van der Waals surface area contributed by atoms with Gasteiger partial charge in [-0.25, -0.2) is 0 Å². The Kier molecular flexibility index (Phi) is 1.93. The molecule has 3 rings (SSSR count). The van der Waals surface area contributed by atoms with E-state index in [1.165, 1.54) is 0 Å². The van der Waals surface area contributed by atoms with Crippen molar-refractivity contribution in [2.24, 2.45) is 17.3 Å². The molecule has 0 aromatic carbocycles. The van der Waals surface area contributed by atoms with E-state index in [0.29, 0.717) is 18.4 Å². The maximum atomic E-state index is 12.0. The summed E-state index contributed by atoms with van der Waals surface area (Å²) in [6.07, 6.45) is 6.68. The molecule has 1 heterocycles. The van der Waals surface area contributed by atoms with Gasteiger partial charge in [-0.05, 0) is 31.6 Å². The number of rotatable bonds is 3. The second-order valence-corrected chi connectivity index (χ2v) is 5.16. The standard InChI is InChI=1S/C12H16O3/c1-12(5-8-2-3-9(12)4-8)11(13)15-7-10-6-14-10/h2-3,8-10H,4-7H2,1H3. The lowest BCUT2D eigenvalue weighted by molar-refractivity contribution is -0.157. The van der Waals surface area contributed by atoms with Crippen LogP contribution in [-0.2, 0) is 14.3 Å². The predicted octanol–water partition coefficient (Wildman–Crippen LogP) is 1.53. The molecule has 1 saturated carbocycles. The second kappa shape index (κ2) is 3.08. The summed E-state index contributed by atoms with van der Waals surface area (Å²) in [6.45, 7) is 3.22. The second-order valence-electron chi connectivity index (χ2n) is 5.16. The van der Waals surface area contributed by atoms with E-state index in [9.17, 15) is 4.79 Å². The van der Waals surface area contributed by atoms with Crippen molar-refractivity contribution >= 4 is 5.97 Å². The van der Waals surface area contributed by atoms with Crippen LogP contribution in [0.4, 0.5) is 0 Å². The molecule has 0 amide bonds. The van der Waals surface area contributed by atoms with E-state index in [1.54, 1.807) is 0 Å². The average molecular weight is 208 g/mol. The van der Waals surface area contributed by atoms with Gasteiger partial charge in [0, 0.05) is 0 Å². The fraction of sp³-hybridized carbons (Fsp3) is 0.750. The Balaban J connectivity index is 1.64. The number of fused-ring (bicyclic) bond motifs is 2. The third-order valence-corrected chi connectivity index (χ3v) is 3.95. The first-order valence-electron chi connectivity index (χ1n) is 5.65. The number of carbonyl (C=O) groups is 1. The van der Waals surface area contributed by atoms with Gasteiger partial charge in [0.25, 0.3) is 0 Å². The van der Waals surface area contributed by atoms with Gasteiger partial charge in [-0.2, -0.15) is 0 Å². The minimum absolute atomic E-state index is 0.0325. The smallest absolute Gasteiger partial charge is 0.312 e. The molecule has 0 aromatic heterocycles. The van der Waals surface area contributed by atoms with E-state index in [1.807, 2.05) is 6.92 Å². The molecule has 4 atom stereocenters. The van der Waals surface area contributed by atoms with Crippen LogP contribution in [0.3, 0.4) is 0 Å². The maximum absolute atomic E-state index is 12.0. The molecule has 0 N–H and O–H groups in total. The monoisotopic (exact) mass is 208 g/mol. The van der Waals surface area contributed by atoms with Crippen LogP contribution >= 0.6 is 0 Å². The van der Waals surface area contributed by atoms with Crippen molar-refractivity contribution in [3.63, 3.8) is 0 Å². The van der Waals surface area contributed by atoms with Crippen molar-refractivity contribution in [1.82, 2.24) is 0 Å². The van der Waals surface area contributed by atoms with Crippen LogP contribution in [0.25, 0.3) is 0 Å². The van der Waals surface area contributed by atoms with E-state index in [2.05, 4.69) is 12.2 Å². The summed E-state index contributed by atoms with van der Waals surface area (Å²) in [5, 5.41) is 0. The lowest BCUT2D eigenvalue weighted by Gasteiger charge is -2.28. The van der Waals surface area contributed by atoms with E-state index < -0.39 is 0 Å². The molecule has 0 spiro atoms. The van der Waals surface area contributed by atoms with Gasteiger partial charge in [-0.15, -0.1) is 0 Å². The number of esters is 1. The van der Waals surface area contributed by atoms with Crippen LogP contribution in [-0.4, -0.2) is 25.3 Å². The van der Waals surface area contributed by atoms with Gasteiger partial charge in [0.2, 0.25) is 0 Å². The first-order chi connectivity index (χ1) is 7.18. The van der Waals surface area contributed by atoms with Crippen molar-refractivity contribution in [3.05, 3.63) is 12.2 Å². The van der Waals surface area contributed by atoms with Crippen LogP contribution in [0.15, 0.2) is 12.2 Å². The Morgan fingerprint density at radius 1 is 1.60 bits per heavy atom. The first kappa shape index (κ1) is 9.40. The van der Waals surface area contributed by atoms with Crippen molar-refractivity contribution in [2.45, 2.75) is 25.9 Å². The molecule has 3 aliphatic rings. The van der Waals surface area contributed by atoms with Gasteiger partial charge >= 0.3 is 5.97 Å². The Bertz CT molecular complexity index is 319. The van der Waals surface area contributed by atoms with Crippen molar-refractivity contribution < 1.29 is 14.3 Å². The van der Waals surface area contributed by atoms with Crippen LogP contribution < -0.4 is 0 Å². The molecule has 1 aliphatic heterocycles. The predicted molar refractivity (Wildman–Crippen MR) is 54.2 cm³/mol. The Morgan fingerprint density at radius 2 is 2.40 bits per heavy atom. The number of ether oxygens (including phenoxy) is 2. The first-order valence-corrected chi connectivity index (χ1v) is 5.65. The minimum atomic E-state index is -0.270. The van der Waals surface area contributed by atoms with Crippen molar-refractivity contribution in [3.8, 4) is 0 Å². The summed E-state index contributed by atoms with van der Waals surface area (Å²) < 4.78 is 10.3. The molecule has 3 nitrogen and oxygen atoms in total. The molecule has 15 heavy (non-hydrogen) atoms. The van der Waals surface area contributed by atoms with Crippen LogP contribution in [0.5, 0.6) is 0 Å². The number of epoxide rings is 1. The molecular formula is C12H16O3. The van der Waals surface area contributed by atoms with E-state index in [0.717, 1.165) is 19.4 Å². The fourth-order valence-corrected chi connectivity index (χ4v) is 2.83. The third-order valence-electron chi connectivity index (χ3n) is 3.95. The largest absolute Gasteiger partial charge is 0.462 e. The van der Waals surface area contributed by atoms with Gasteiger partial charge in [0.1, 0.15) is 12.7 Å². The SMILES string of the molecule is CC1(C(=O)OCC2CO2)CC2C=CC1C2. The lowest BCUT2D eigenvalue weighted by atomic mass is 9.78. The van der Waals surface area contributed by atoms with Gasteiger partial charge in [0.05, 0.1) is 12.0 Å². The highest BCUT2D eigenvalue weighted by Gasteiger charge is 2.51. The fourth-order valence-electron chi connectivity index (χ4n) is 2.83. The Morgan fingerprint density at radius 3 is 2.93 bits per heavy atom. The average Bonchev–Trinajstić information content (AvgIpc) is 2.85. The van der Waals surface area contributed by atoms with E-state index >= 15 is 0 Å². The molecule has 4 unspecified atom stereocenters. The summed E-state index contributed by atoms with van der Waals surface area (Å²) in [7, 11) is 0. The quantitative estimate of drug-likeness (QED) is 0.401. The topological polar surface area (TPSA) is 38.8 Å². The molecule has 0 aromatic rings. The van der Waals surface area contributed by atoms with Gasteiger partial charge in [-0.1, -0.05) is 12.2 Å². The summed E-state index contributed by atoms with van der Waals surface area (Å²) in [4.78, 5) is 12.0. The molecule has 2 bridgehead atoms. The highest BCUT2D eigenvalue weighted by atomic mass is 16.6. The normalized spacial score (nSPS) is 45.8. The molecule has 2 fully saturated rings. The molecular weight excluding hydrogens is 192 g/mol. The number of hydrogen-bond acceptors (Lipinski definition) is 3. The maximum Gasteiger partial charge on any atom is 0.312 e. The highest BCUT2D eigenvalue weighted by molar-refractivity contribution is 5.78. The van der Waals surface area contributed by atoms with Crippen LogP contribution in [0.2, 0.25) is 0 Å². The number of carbonyl (C=O) groups excluding carboxylic acids is 1. The summed E-state index contributed by atoms with van der Waals surface area (Å²) in [5.74, 6) is 0.967. The summed E-state index contributed by atoms with van der Waals surface area (Å²) in [5.41, 5.74) is -0.270. The summed E-state index contributed by atoms with van der Waals surface area (Å²) in [6, 6.07) is 0. The van der Waals surface area contributed by atoms with Gasteiger partial charge < -0.3 is 9.47 Å². The van der Waals surface area contributed by atoms with E-state index in [-0.39, 0.29) is 17.5 Å². The van der Waals surface area contributed by atoms with Gasteiger partial charge in [0.15, 0.2) is 0 Å². The molecule has 1 saturated heterocycles. The Hall–Kier alpha value is -0.830. The highest BCUT2D eigenvalue weighted by Crippen LogP contribution is 2.52. The number of hydrogen-bond donors (Lipinski definition) is 0. The minimum Gasteiger partial charge on any atom is -0.462 e. The van der Waals surface area contributed by atoms with Crippen LogP contribution in [0.1, 0.15) is 19.8 Å². The zero-order chi connectivity index (χ0) is 10.5.